The lowest BCUT2D eigenvalue weighted by atomic mass is 10.1. The summed E-state index contributed by atoms with van der Waals surface area (Å²) < 4.78 is 7.07. The first-order valence-electron chi connectivity index (χ1n) is 6.69. The molecule has 1 atom stereocenters. The Morgan fingerprint density at radius 3 is 2.94 bits per heavy atom. The second kappa shape index (κ2) is 5.06. The lowest BCUT2D eigenvalue weighted by molar-refractivity contribution is 0.402. The number of benzene rings is 1. The van der Waals surface area contributed by atoms with Gasteiger partial charge in [0.15, 0.2) is 0 Å². The van der Waals surface area contributed by atoms with Gasteiger partial charge in [0.25, 0.3) is 0 Å². The molecule has 3 rings (SSSR count). The molecule has 1 aromatic carbocycles. The van der Waals surface area contributed by atoms with Crippen LogP contribution < -0.4 is 5.32 Å². The molecular formula is C15H18BrNO. The smallest absolute Gasteiger partial charge is 0.148 e. The average molecular weight is 308 g/mol. The third-order valence-corrected chi connectivity index (χ3v) is 4.20. The number of para-hydroxylation sites is 1. The molecule has 1 aliphatic carbocycles. The van der Waals surface area contributed by atoms with Crippen molar-refractivity contribution in [2.45, 2.75) is 32.2 Å². The molecule has 96 valence electrons. The summed E-state index contributed by atoms with van der Waals surface area (Å²) in [6.45, 7) is 3.13. The summed E-state index contributed by atoms with van der Waals surface area (Å²) >= 11 is 3.55. The van der Waals surface area contributed by atoms with E-state index < -0.39 is 0 Å². The predicted molar refractivity (Wildman–Crippen MR) is 77.7 cm³/mol. The van der Waals surface area contributed by atoms with E-state index >= 15 is 0 Å². The zero-order chi connectivity index (χ0) is 12.5. The van der Waals surface area contributed by atoms with Crippen LogP contribution in [0.5, 0.6) is 0 Å². The summed E-state index contributed by atoms with van der Waals surface area (Å²) in [4.78, 5) is 0. The van der Waals surface area contributed by atoms with Gasteiger partial charge in [0.05, 0.1) is 10.5 Å². The molecule has 0 spiro atoms. The van der Waals surface area contributed by atoms with Gasteiger partial charge in [-0.3, -0.25) is 0 Å². The third kappa shape index (κ3) is 2.47. The molecule has 2 nitrogen and oxygen atoms in total. The quantitative estimate of drug-likeness (QED) is 0.870. The van der Waals surface area contributed by atoms with E-state index in [-0.39, 0.29) is 0 Å². The molecule has 1 saturated carbocycles. The van der Waals surface area contributed by atoms with E-state index in [1.165, 1.54) is 24.6 Å². The van der Waals surface area contributed by atoms with Gasteiger partial charge in [-0.1, -0.05) is 31.9 Å². The summed E-state index contributed by atoms with van der Waals surface area (Å²) in [6, 6.07) is 8.72. The van der Waals surface area contributed by atoms with Crippen molar-refractivity contribution >= 4 is 26.9 Å². The first-order valence-corrected chi connectivity index (χ1v) is 7.48. The fourth-order valence-electron chi connectivity index (χ4n) is 2.45. The van der Waals surface area contributed by atoms with Gasteiger partial charge in [-0.15, -0.1) is 0 Å². The van der Waals surface area contributed by atoms with Crippen molar-refractivity contribution < 1.29 is 4.42 Å². The zero-order valence-electron chi connectivity index (χ0n) is 10.6. The second-order valence-electron chi connectivity index (χ2n) is 5.10. The van der Waals surface area contributed by atoms with Crippen LogP contribution in [-0.2, 0) is 0 Å². The van der Waals surface area contributed by atoms with E-state index in [1.54, 1.807) is 0 Å². The summed E-state index contributed by atoms with van der Waals surface area (Å²) in [5, 5.41) is 4.72. The number of hydrogen-bond acceptors (Lipinski definition) is 2. The lowest BCUT2D eigenvalue weighted by Crippen LogP contribution is -2.20. The molecule has 1 aliphatic rings. The van der Waals surface area contributed by atoms with Crippen molar-refractivity contribution in [1.82, 2.24) is 5.32 Å². The van der Waals surface area contributed by atoms with Crippen LogP contribution in [-0.4, -0.2) is 6.54 Å². The van der Waals surface area contributed by atoms with E-state index in [2.05, 4.69) is 46.4 Å². The highest BCUT2D eigenvalue weighted by Crippen LogP contribution is 2.39. The maximum absolute atomic E-state index is 6.03. The van der Waals surface area contributed by atoms with E-state index in [1.807, 2.05) is 6.07 Å². The lowest BCUT2D eigenvalue weighted by Gasteiger charge is -2.14. The molecule has 0 amide bonds. The highest BCUT2D eigenvalue weighted by molar-refractivity contribution is 9.10. The van der Waals surface area contributed by atoms with Crippen LogP contribution in [0.1, 0.15) is 38.0 Å². The SMILES string of the molecule is CCNC(CC1CC1)c1cc2cccc(Br)c2o1. The van der Waals surface area contributed by atoms with Gasteiger partial charge >= 0.3 is 0 Å². The van der Waals surface area contributed by atoms with Crippen LogP contribution in [0, 0.1) is 5.92 Å². The second-order valence-corrected chi connectivity index (χ2v) is 5.95. The minimum Gasteiger partial charge on any atom is -0.458 e. The van der Waals surface area contributed by atoms with Gasteiger partial charge in [-0.25, -0.2) is 0 Å². The van der Waals surface area contributed by atoms with E-state index in [4.69, 9.17) is 4.42 Å². The molecule has 1 heterocycles. The molecule has 1 fully saturated rings. The number of fused-ring (bicyclic) bond motifs is 1. The average Bonchev–Trinajstić information content (AvgIpc) is 3.06. The van der Waals surface area contributed by atoms with E-state index in [0.717, 1.165) is 28.3 Å². The van der Waals surface area contributed by atoms with Crippen molar-refractivity contribution in [1.29, 1.82) is 0 Å². The Morgan fingerprint density at radius 1 is 1.44 bits per heavy atom. The molecule has 0 bridgehead atoms. The molecule has 0 saturated heterocycles. The monoisotopic (exact) mass is 307 g/mol. The molecule has 0 radical (unpaired) electrons. The van der Waals surface area contributed by atoms with Gasteiger partial charge in [-0.2, -0.15) is 0 Å². The Kier molecular flexibility index (Phi) is 3.44. The maximum Gasteiger partial charge on any atom is 0.148 e. The van der Waals surface area contributed by atoms with Crippen molar-refractivity contribution in [3.63, 3.8) is 0 Å². The summed E-state index contributed by atoms with van der Waals surface area (Å²) in [6.07, 6.45) is 3.96. The summed E-state index contributed by atoms with van der Waals surface area (Å²) in [7, 11) is 0. The fourth-order valence-corrected chi connectivity index (χ4v) is 2.91. The molecule has 1 aromatic heterocycles. The van der Waals surface area contributed by atoms with Crippen molar-refractivity contribution in [3.8, 4) is 0 Å². The molecule has 2 aromatic rings. The van der Waals surface area contributed by atoms with Gasteiger partial charge in [0.2, 0.25) is 0 Å². The van der Waals surface area contributed by atoms with Crippen LogP contribution in [0.25, 0.3) is 11.0 Å². The van der Waals surface area contributed by atoms with Crippen LogP contribution in [0.4, 0.5) is 0 Å². The fraction of sp³-hybridized carbons (Fsp3) is 0.467. The maximum atomic E-state index is 6.03. The number of hydrogen-bond donors (Lipinski definition) is 1. The first-order chi connectivity index (χ1) is 8.78. The van der Waals surface area contributed by atoms with E-state index in [9.17, 15) is 0 Å². The van der Waals surface area contributed by atoms with Crippen molar-refractivity contribution in [2.75, 3.05) is 6.54 Å². The zero-order valence-corrected chi connectivity index (χ0v) is 12.2. The topological polar surface area (TPSA) is 25.2 Å². The minimum absolute atomic E-state index is 0.363. The minimum atomic E-state index is 0.363. The number of halogens is 1. The van der Waals surface area contributed by atoms with Gasteiger partial charge in [0, 0.05) is 5.39 Å². The van der Waals surface area contributed by atoms with Crippen molar-refractivity contribution in [3.05, 3.63) is 34.5 Å². The Balaban J connectivity index is 1.92. The number of rotatable bonds is 5. The molecule has 3 heteroatoms. The van der Waals surface area contributed by atoms with Crippen LogP contribution in [0.3, 0.4) is 0 Å². The highest BCUT2D eigenvalue weighted by Gasteiger charge is 2.27. The van der Waals surface area contributed by atoms with Crippen LogP contribution in [0.2, 0.25) is 0 Å². The highest BCUT2D eigenvalue weighted by atomic mass is 79.9. The molecule has 0 aliphatic heterocycles. The Bertz CT molecular complexity index is 544. The predicted octanol–water partition coefficient (Wildman–Crippen LogP) is 4.65. The summed E-state index contributed by atoms with van der Waals surface area (Å²) in [5.74, 6) is 1.97. The van der Waals surface area contributed by atoms with Crippen LogP contribution in [0.15, 0.2) is 33.2 Å². The Morgan fingerprint density at radius 2 is 2.28 bits per heavy atom. The Hall–Kier alpha value is -0.800. The standard InChI is InChI=1S/C15H18BrNO/c1-2-17-13(8-10-6-7-10)14-9-11-4-3-5-12(16)15(11)18-14/h3-5,9-10,13,17H,2,6-8H2,1H3. The third-order valence-electron chi connectivity index (χ3n) is 3.58. The van der Waals surface area contributed by atoms with Gasteiger partial charge < -0.3 is 9.73 Å². The van der Waals surface area contributed by atoms with Crippen LogP contribution >= 0.6 is 15.9 Å². The van der Waals surface area contributed by atoms with E-state index in [0.29, 0.717) is 6.04 Å². The molecule has 18 heavy (non-hydrogen) atoms. The Labute approximate surface area is 116 Å². The van der Waals surface area contributed by atoms with Crippen molar-refractivity contribution in [2.24, 2.45) is 5.92 Å². The first kappa shape index (κ1) is 12.2. The van der Waals surface area contributed by atoms with Gasteiger partial charge in [-0.05, 0) is 46.9 Å². The number of nitrogens with one attached hydrogen (secondary N) is 1. The normalized spacial score (nSPS) is 17.2. The largest absolute Gasteiger partial charge is 0.458 e. The molecule has 1 N–H and O–H groups in total. The molecular weight excluding hydrogens is 290 g/mol. The van der Waals surface area contributed by atoms with Gasteiger partial charge in [0.1, 0.15) is 11.3 Å². The summed E-state index contributed by atoms with van der Waals surface area (Å²) in [5.41, 5.74) is 0.964. The molecule has 1 unspecified atom stereocenters. The number of furan rings is 1.